The molecular formula is C19H20N2OS. The van der Waals surface area contributed by atoms with Gasteiger partial charge in [0.1, 0.15) is 0 Å². The monoisotopic (exact) mass is 324 g/mol. The molecule has 0 radical (unpaired) electrons. The number of aromatic nitrogens is 1. The van der Waals surface area contributed by atoms with Gasteiger partial charge in [0.2, 0.25) is 0 Å². The molecule has 0 aliphatic rings. The molecule has 2 aromatic heterocycles. The molecule has 0 fully saturated rings. The number of fused-ring (bicyclic) bond motifs is 1. The van der Waals surface area contributed by atoms with Gasteiger partial charge in [0.15, 0.2) is 0 Å². The Bertz CT molecular complexity index is 825. The van der Waals surface area contributed by atoms with Crippen molar-refractivity contribution in [3.63, 3.8) is 0 Å². The smallest absolute Gasteiger partial charge is 0.252 e. The average molecular weight is 324 g/mol. The zero-order valence-corrected chi connectivity index (χ0v) is 14.2. The summed E-state index contributed by atoms with van der Waals surface area (Å²) in [6, 6.07) is 12.0. The van der Waals surface area contributed by atoms with Crippen LogP contribution in [0.5, 0.6) is 0 Å². The quantitative estimate of drug-likeness (QED) is 0.685. The van der Waals surface area contributed by atoms with Crippen LogP contribution in [-0.2, 0) is 0 Å². The van der Waals surface area contributed by atoms with E-state index >= 15 is 0 Å². The number of nitrogens with zero attached hydrogens (tertiary/aromatic N) is 1. The molecule has 23 heavy (non-hydrogen) atoms. The first-order valence-corrected chi connectivity index (χ1v) is 8.80. The number of aryl methyl sites for hydroxylation is 1. The fourth-order valence-corrected chi connectivity index (χ4v) is 3.24. The number of pyridine rings is 1. The largest absolute Gasteiger partial charge is 0.352 e. The summed E-state index contributed by atoms with van der Waals surface area (Å²) in [7, 11) is 0. The second-order valence-corrected chi connectivity index (χ2v) is 6.61. The Labute approximate surface area is 140 Å². The second kappa shape index (κ2) is 6.92. The number of rotatable bonds is 5. The average Bonchev–Trinajstić information content (AvgIpc) is 3.08. The van der Waals surface area contributed by atoms with Crippen LogP contribution in [0, 0.1) is 6.92 Å². The Morgan fingerprint density at radius 2 is 2.13 bits per heavy atom. The van der Waals surface area contributed by atoms with Crippen LogP contribution in [0.15, 0.2) is 41.8 Å². The third kappa shape index (κ3) is 3.42. The van der Waals surface area contributed by atoms with Crippen molar-refractivity contribution in [2.45, 2.75) is 26.7 Å². The molecule has 3 aromatic rings. The van der Waals surface area contributed by atoms with E-state index in [0.29, 0.717) is 12.1 Å². The molecule has 0 aliphatic heterocycles. The summed E-state index contributed by atoms with van der Waals surface area (Å²) in [6.45, 7) is 4.86. The normalized spacial score (nSPS) is 10.9. The highest BCUT2D eigenvalue weighted by atomic mass is 32.1. The Balaban J connectivity index is 2.08. The molecule has 0 spiro atoms. The van der Waals surface area contributed by atoms with Crippen molar-refractivity contribution >= 4 is 28.1 Å². The molecule has 1 amide bonds. The lowest BCUT2D eigenvalue weighted by molar-refractivity contribution is 0.0955. The van der Waals surface area contributed by atoms with Crippen LogP contribution >= 0.6 is 11.3 Å². The molecule has 0 bridgehead atoms. The molecule has 1 aromatic carbocycles. The zero-order valence-electron chi connectivity index (χ0n) is 13.4. The van der Waals surface area contributed by atoms with Gasteiger partial charge in [0, 0.05) is 11.9 Å². The first-order valence-electron chi connectivity index (χ1n) is 7.92. The van der Waals surface area contributed by atoms with E-state index in [4.69, 9.17) is 4.98 Å². The fourth-order valence-electron chi connectivity index (χ4n) is 2.55. The highest BCUT2D eigenvalue weighted by Gasteiger charge is 2.14. The van der Waals surface area contributed by atoms with Crippen LogP contribution in [0.3, 0.4) is 0 Å². The van der Waals surface area contributed by atoms with E-state index in [1.807, 2.05) is 48.7 Å². The summed E-state index contributed by atoms with van der Waals surface area (Å²) in [6.07, 6.45) is 2.06. The third-order valence-electron chi connectivity index (χ3n) is 3.80. The third-order valence-corrected chi connectivity index (χ3v) is 4.69. The Hall–Kier alpha value is -2.20. The van der Waals surface area contributed by atoms with Gasteiger partial charge in [-0.25, -0.2) is 4.98 Å². The fraction of sp³-hybridized carbons (Fsp3) is 0.263. The predicted octanol–water partition coefficient (Wildman–Crippen LogP) is 4.80. The molecular weight excluding hydrogens is 304 g/mol. The Morgan fingerprint density at radius 1 is 1.26 bits per heavy atom. The number of carbonyl (C=O) groups excluding carboxylic acids is 1. The second-order valence-electron chi connectivity index (χ2n) is 5.66. The van der Waals surface area contributed by atoms with Gasteiger partial charge in [-0.2, -0.15) is 0 Å². The van der Waals surface area contributed by atoms with Crippen molar-refractivity contribution in [3.8, 4) is 10.6 Å². The molecule has 0 atom stereocenters. The summed E-state index contributed by atoms with van der Waals surface area (Å²) in [5, 5.41) is 5.96. The van der Waals surface area contributed by atoms with Crippen LogP contribution in [0.25, 0.3) is 21.5 Å². The number of unbranched alkanes of at least 4 members (excludes halogenated alkanes) is 1. The minimum absolute atomic E-state index is 0.0192. The van der Waals surface area contributed by atoms with Gasteiger partial charge in [-0.15, -0.1) is 11.3 Å². The van der Waals surface area contributed by atoms with E-state index in [1.165, 1.54) is 0 Å². The number of nitrogens with one attached hydrogen (secondary N) is 1. The summed E-state index contributed by atoms with van der Waals surface area (Å²) in [4.78, 5) is 18.4. The lowest BCUT2D eigenvalue weighted by atomic mass is 10.0. The Kier molecular flexibility index (Phi) is 4.72. The maximum Gasteiger partial charge on any atom is 0.252 e. The van der Waals surface area contributed by atoms with E-state index in [-0.39, 0.29) is 5.91 Å². The summed E-state index contributed by atoms with van der Waals surface area (Å²) in [5.74, 6) is -0.0192. The number of hydrogen-bond donors (Lipinski definition) is 1. The molecule has 1 N–H and O–H groups in total. The van der Waals surface area contributed by atoms with E-state index in [1.54, 1.807) is 11.3 Å². The maximum absolute atomic E-state index is 12.6. The van der Waals surface area contributed by atoms with E-state index in [9.17, 15) is 4.79 Å². The van der Waals surface area contributed by atoms with Gasteiger partial charge in [-0.1, -0.05) is 31.0 Å². The molecule has 0 saturated carbocycles. The number of carbonyl (C=O) groups is 1. The van der Waals surface area contributed by atoms with Crippen molar-refractivity contribution < 1.29 is 4.79 Å². The minimum Gasteiger partial charge on any atom is -0.352 e. The summed E-state index contributed by atoms with van der Waals surface area (Å²) in [5.41, 5.74) is 3.56. The van der Waals surface area contributed by atoms with Gasteiger partial charge >= 0.3 is 0 Å². The molecule has 118 valence electrons. The summed E-state index contributed by atoms with van der Waals surface area (Å²) < 4.78 is 0. The predicted molar refractivity (Wildman–Crippen MR) is 97.0 cm³/mol. The van der Waals surface area contributed by atoms with Crippen LogP contribution in [-0.4, -0.2) is 17.4 Å². The summed E-state index contributed by atoms with van der Waals surface area (Å²) >= 11 is 1.64. The van der Waals surface area contributed by atoms with Crippen LogP contribution < -0.4 is 5.32 Å². The molecule has 4 heteroatoms. The zero-order chi connectivity index (χ0) is 16.2. The number of amides is 1. The molecule has 3 rings (SSSR count). The van der Waals surface area contributed by atoms with Crippen LogP contribution in [0.4, 0.5) is 0 Å². The standard InChI is InChI=1S/C19H20N2OS/c1-3-4-9-20-19(22)15-12-17(18-6-5-10-23-18)21-16-8-7-13(2)11-14(15)16/h5-8,10-12H,3-4,9H2,1-2H3,(H,20,22). The van der Waals surface area contributed by atoms with Gasteiger partial charge in [-0.3, -0.25) is 4.79 Å². The Morgan fingerprint density at radius 3 is 2.87 bits per heavy atom. The highest BCUT2D eigenvalue weighted by Crippen LogP contribution is 2.28. The van der Waals surface area contributed by atoms with Gasteiger partial charge in [0.25, 0.3) is 5.91 Å². The van der Waals surface area contributed by atoms with Gasteiger partial charge < -0.3 is 5.32 Å². The van der Waals surface area contributed by atoms with Crippen LogP contribution in [0.2, 0.25) is 0 Å². The molecule has 0 unspecified atom stereocenters. The lowest BCUT2D eigenvalue weighted by Crippen LogP contribution is -2.24. The minimum atomic E-state index is -0.0192. The molecule has 3 nitrogen and oxygen atoms in total. The maximum atomic E-state index is 12.6. The molecule has 0 saturated heterocycles. The van der Waals surface area contributed by atoms with Crippen molar-refractivity contribution in [2.75, 3.05) is 6.54 Å². The molecule has 0 aliphatic carbocycles. The van der Waals surface area contributed by atoms with Crippen molar-refractivity contribution in [2.24, 2.45) is 0 Å². The van der Waals surface area contributed by atoms with Crippen LogP contribution in [0.1, 0.15) is 35.7 Å². The number of benzene rings is 1. The topological polar surface area (TPSA) is 42.0 Å². The number of hydrogen-bond acceptors (Lipinski definition) is 3. The number of thiophene rings is 1. The van der Waals surface area contributed by atoms with E-state index < -0.39 is 0 Å². The first-order chi connectivity index (χ1) is 11.2. The molecule has 2 heterocycles. The SMILES string of the molecule is CCCCNC(=O)c1cc(-c2cccs2)nc2ccc(C)cc12. The lowest BCUT2D eigenvalue weighted by Gasteiger charge is -2.10. The van der Waals surface area contributed by atoms with Crippen molar-refractivity contribution in [3.05, 3.63) is 52.9 Å². The van der Waals surface area contributed by atoms with E-state index in [2.05, 4.69) is 12.2 Å². The van der Waals surface area contributed by atoms with Crippen molar-refractivity contribution in [1.29, 1.82) is 0 Å². The highest BCUT2D eigenvalue weighted by molar-refractivity contribution is 7.13. The first kappa shape index (κ1) is 15.7. The van der Waals surface area contributed by atoms with Gasteiger partial charge in [0.05, 0.1) is 21.7 Å². The van der Waals surface area contributed by atoms with Gasteiger partial charge in [-0.05, 0) is 43.0 Å². The van der Waals surface area contributed by atoms with E-state index in [0.717, 1.165) is 39.9 Å². The van der Waals surface area contributed by atoms with Crippen molar-refractivity contribution in [1.82, 2.24) is 10.3 Å².